The summed E-state index contributed by atoms with van der Waals surface area (Å²) in [7, 11) is 0. The van der Waals surface area contributed by atoms with Crippen molar-refractivity contribution >= 4 is 123 Å². The molecule has 514 valence electrons. The molecule has 0 saturated carbocycles. The minimum atomic E-state index is -0.302. The lowest BCUT2D eigenvalue weighted by Gasteiger charge is -2.46. The van der Waals surface area contributed by atoms with Gasteiger partial charge < -0.3 is 23.5 Å². The van der Waals surface area contributed by atoms with Crippen LogP contribution in [-0.4, -0.2) is 20.4 Å². The molecule has 5 nitrogen and oxygen atoms in total. The lowest BCUT2D eigenvalue weighted by Crippen LogP contribution is -2.61. The van der Waals surface area contributed by atoms with Gasteiger partial charge in [0.25, 0.3) is 6.71 Å². The van der Waals surface area contributed by atoms with Crippen LogP contribution >= 0.6 is 0 Å². The van der Waals surface area contributed by atoms with Crippen molar-refractivity contribution in [1.29, 1.82) is 0 Å². The third-order valence-corrected chi connectivity index (χ3v) is 23.0. The quantitative estimate of drug-likeness (QED) is 0.141. The Labute approximate surface area is 623 Å². The fraction of sp³-hybridized carbons (Fsp3) is 0.160. The second-order valence-corrected chi connectivity index (χ2v) is 33.8. The molecule has 0 unspecified atom stereocenters. The zero-order valence-corrected chi connectivity index (χ0v) is 62.7. The van der Waals surface area contributed by atoms with Crippen LogP contribution < -0.4 is 26.2 Å². The summed E-state index contributed by atoms with van der Waals surface area (Å²) in [6.45, 7) is 28.1. The van der Waals surface area contributed by atoms with Crippen molar-refractivity contribution in [2.45, 2.75) is 105 Å². The number of para-hydroxylation sites is 4. The van der Waals surface area contributed by atoms with Crippen molar-refractivity contribution in [2.75, 3.05) is 9.80 Å². The Morgan fingerprint density at radius 1 is 0.226 bits per heavy atom. The summed E-state index contributed by atoms with van der Waals surface area (Å²) in [5.41, 5.74) is 32.6. The smallest absolute Gasteiger partial charge is 0.252 e. The predicted octanol–water partition coefficient (Wildman–Crippen LogP) is 25.3. The van der Waals surface area contributed by atoms with E-state index >= 15 is 0 Å². The first-order valence-electron chi connectivity index (χ1n) is 37.8. The van der Waals surface area contributed by atoms with Gasteiger partial charge in [-0.3, -0.25) is 0 Å². The number of hydrogen-bond acceptors (Lipinski definition) is 2. The summed E-state index contributed by atoms with van der Waals surface area (Å²) in [5, 5.41) is 7.45. The first kappa shape index (κ1) is 64.9. The van der Waals surface area contributed by atoms with E-state index in [4.69, 9.17) is 0 Å². The molecule has 0 radical (unpaired) electrons. The molecule has 0 bridgehead atoms. The van der Waals surface area contributed by atoms with E-state index in [2.05, 4.69) is 410 Å². The van der Waals surface area contributed by atoms with Gasteiger partial charge in [0, 0.05) is 88.8 Å². The second-order valence-electron chi connectivity index (χ2n) is 33.8. The summed E-state index contributed by atoms with van der Waals surface area (Å²) in [6, 6.07) is 116. The van der Waals surface area contributed by atoms with E-state index in [1.807, 2.05) is 0 Å². The van der Waals surface area contributed by atoms with Crippen molar-refractivity contribution in [3.8, 4) is 50.4 Å². The van der Waals surface area contributed by atoms with Crippen LogP contribution in [0.15, 0.2) is 303 Å². The molecule has 6 heteroatoms. The average Bonchev–Trinajstić information content (AvgIpc) is 1.14. The van der Waals surface area contributed by atoms with E-state index in [9.17, 15) is 0 Å². The van der Waals surface area contributed by atoms with Crippen LogP contribution in [0.1, 0.15) is 105 Å². The Hall–Kier alpha value is -11.9. The van der Waals surface area contributed by atoms with E-state index in [0.717, 1.165) is 73.1 Å². The normalized spacial score (nSPS) is 13.2. The maximum Gasteiger partial charge on any atom is 0.252 e. The molecule has 0 aliphatic carbocycles. The number of rotatable bonds is 8. The molecule has 0 atom stereocenters. The summed E-state index contributed by atoms with van der Waals surface area (Å²) in [4.78, 5) is 5.39. The van der Waals surface area contributed by atoms with Crippen LogP contribution in [0.3, 0.4) is 0 Å². The number of hydrogen-bond donors (Lipinski definition) is 0. The molecule has 2 aliphatic rings. The summed E-state index contributed by atoms with van der Waals surface area (Å²) >= 11 is 0. The molecule has 2 aliphatic heterocycles. The Morgan fingerprint density at radius 2 is 0.566 bits per heavy atom. The third-order valence-electron chi connectivity index (χ3n) is 23.0. The molecule has 14 aromatic carbocycles. The van der Waals surface area contributed by atoms with E-state index in [-0.39, 0.29) is 28.4 Å². The molecule has 0 amide bonds. The molecule has 106 heavy (non-hydrogen) atoms. The minimum absolute atomic E-state index is 0.0524. The third kappa shape index (κ3) is 10.3. The van der Waals surface area contributed by atoms with Gasteiger partial charge in [0.15, 0.2) is 0 Å². The lowest BCUT2D eigenvalue weighted by molar-refractivity contribution is 0.590. The highest BCUT2D eigenvalue weighted by molar-refractivity contribution is 7.00. The van der Waals surface area contributed by atoms with Crippen molar-refractivity contribution < 1.29 is 0 Å². The van der Waals surface area contributed by atoms with E-state index < -0.39 is 0 Å². The van der Waals surface area contributed by atoms with Gasteiger partial charge in [-0.15, -0.1) is 0 Å². The van der Waals surface area contributed by atoms with Crippen LogP contribution in [0, 0.1) is 0 Å². The number of aromatic nitrogens is 3. The first-order valence-corrected chi connectivity index (χ1v) is 37.8. The van der Waals surface area contributed by atoms with Gasteiger partial charge in [0.2, 0.25) is 0 Å². The van der Waals surface area contributed by atoms with Crippen LogP contribution in [-0.2, 0) is 21.7 Å². The molecule has 0 saturated heterocycles. The topological polar surface area (TPSA) is 21.3 Å². The first-order chi connectivity index (χ1) is 51.1. The highest BCUT2D eigenvalue weighted by Gasteiger charge is 2.46. The summed E-state index contributed by atoms with van der Waals surface area (Å²) in [6.07, 6.45) is 0. The van der Waals surface area contributed by atoms with Crippen molar-refractivity contribution in [1.82, 2.24) is 13.7 Å². The Kier molecular flexibility index (Phi) is 14.6. The monoisotopic (exact) mass is 1370 g/mol. The molecule has 3 aromatic heterocycles. The number of anilines is 6. The van der Waals surface area contributed by atoms with E-state index in [1.54, 1.807) is 0 Å². The van der Waals surface area contributed by atoms with Crippen LogP contribution in [0.2, 0.25) is 0 Å². The molecule has 0 spiro atoms. The fourth-order valence-corrected chi connectivity index (χ4v) is 17.5. The Balaban J connectivity index is 0.935. The van der Waals surface area contributed by atoms with E-state index in [0.29, 0.717) is 0 Å². The standard InChI is InChI=1S/C100H86BN5/c1-97(2,3)66-44-51-88-79(54-66)80-55-67(98(4,5)6)45-52-89(80)104(88)72-47-50-83-92(62-72)106(96-77(64-32-18-14-19-33-64)56-68(99(7,8)9)57-78(96)65-34-20-15-21-35-65)94-59-69(100(10,11)12)58-93-95(94)101(83)82-49-46-71(61-91(82)105(93)84-40-26-22-36-73(84)63-30-16-13-17-31-63)103-87-43-29-25-39-76(87)81-60-70(48-53-90(81)103)102-85-41-27-23-37-74(85)75-38-24-28-42-86(75)102/h13-62H,1-12H3. The van der Waals surface area contributed by atoms with Gasteiger partial charge in [-0.2, -0.15) is 0 Å². The number of nitrogens with zero attached hydrogens (tertiary/aromatic N) is 5. The average molecular weight is 1370 g/mol. The molecule has 0 N–H and O–H groups in total. The van der Waals surface area contributed by atoms with Crippen LogP contribution in [0.5, 0.6) is 0 Å². The summed E-state index contributed by atoms with van der Waals surface area (Å²) in [5.74, 6) is 0. The lowest BCUT2D eigenvalue weighted by atomic mass is 9.33. The van der Waals surface area contributed by atoms with Gasteiger partial charge in [-0.05, 0) is 192 Å². The molecule has 17 aromatic rings. The number of benzene rings is 14. The summed E-state index contributed by atoms with van der Waals surface area (Å²) < 4.78 is 7.53. The van der Waals surface area contributed by atoms with Gasteiger partial charge >= 0.3 is 0 Å². The molecule has 5 heterocycles. The molecular formula is C100H86BN5. The molecule has 19 rings (SSSR count). The minimum Gasteiger partial charge on any atom is -0.311 e. The van der Waals surface area contributed by atoms with Crippen molar-refractivity contribution in [3.63, 3.8) is 0 Å². The predicted molar refractivity (Wildman–Crippen MR) is 455 cm³/mol. The van der Waals surface area contributed by atoms with Gasteiger partial charge in [0.1, 0.15) is 0 Å². The van der Waals surface area contributed by atoms with Crippen LogP contribution in [0.25, 0.3) is 116 Å². The highest BCUT2D eigenvalue weighted by atomic mass is 15.2. The van der Waals surface area contributed by atoms with Gasteiger partial charge in [-0.1, -0.05) is 271 Å². The zero-order chi connectivity index (χ0) is 72.4. The highest BCUT2D eigenvalue weighted by Crippen LogP contribution is 2.54. The van der Waals surface area contributed by atoms with Crippen LogP contribution in [0.4, 0.5) is 34.1 Å². The maximum absolute atomic E-state index is 2.73. The zero-order valence-electron chi connectivity index (χ0n) is 62.7. The molecule has 0 fully saturated rings. The fourth-order valence-electron chi connectivity index (χ4n) is 17.5. The Bertz CT molecular complexity index is 6250. The maximum atomic E-state index is 2.73. The van der Waals surface area contributed by atoms with E-state index in [1.165, 1.54) is 116 Å². The largest absolute Gasteiger partial charge is 0.311 e. The van der Waals surface area contributed by atoms with Crippen molar-refractivity contribution in [2.24, 2.45) is 0 Å². The van der Waals surface area contributed by atoms with Gasteiger partial charge in [-0.25, -0.2) is 0 Å². The second kappa shape index (κ2) is 23.8. The van der Waals surface area contributed by atoms with Gasteiger partial charge in [0.05, 0.1) is 44.5 Å². The molecular weight excluding hydrogens is 1280 g/mol. The SMILES string of the molecule is CC(C)(C)c1cc(-c2ccccc2)c(N2c3cc(-n4c5ccc(C(C)(C)C)cc5c5cc(C(C)(C)C)ccc54)ccc3B3c4ccc(-n5c6ccccc6c6cc(-n7c8ccccc8c8ccccc87)ccc65)cc4N(c4ccccc4-c4ccccc4)c4cc(C(C)(C)C)cc2c43)c(-c2ccccc2)c1. The van der Waals surface area contributed by atoms with Crippen molar-refractivity contribution in [3.05, 3.63) is 326 Å². The Morgan fingerprint density at radius 3 is 1.03 bits per heavy atom. The number of fused-ring (bicyclic) bond motifs is 13.